The average Bonchev–Trinajstić information content (AvgIpc) is 2.85. The predicted octanol–water partition coefficient (Wildman–Crippen LogP) is 3.60. The van der Waals surface area contributed by atoms with E-state index in [1.807, 2.05) is 44.3 Å². The van der Waals surface area contributed by atoms with Gasteiger partial charge in [0.05, 0.1) is 23.5 Å². The fourth-order valence-corrected chi connectivity index (χ4v) is 2.88. The van der Waals surface area contributed by atoms with E-state index < -0.39 is 0 Å². The van der Waals surface area contributed by atoms with Crippen molar-refractivity contribution in [3.63, 3.8) is 0 Å². The van der Waals surface area contributed by atoms with Gasteiger partial charge in [0, 0.05) is 13.3 Å². The molecule has 0 fully saturated rings. The lowest BCUT2D eigenvalue weighted by Crippen LogP contribution is -2.19. The van der Waals surface area contributed by atoms with Gasteiger partial charge in [0.1, 0.15) is 0 Å². The van der Waals surface area contributed by atoms with Crippen LogP contribution in [-0.4, -0.2) is 27.8 Å². The summed E-state index contributed by atoms with van der Waals surface area (Å²) >= 11 is 5.99. The molecule has 26 heavy (non-hydrogen) atoms. The van der Waals surface area contributed by atoms with Gasteiger partial charge in [-0.3, -0.25) is 9.48 Å². The molecule has 0 radical (unpaired) electrons. The van der Waals surface area contributed by atoms with Gasteiger partial charge in [-0.05, 0) is 36.8 Å². The summed E-state index contributed by atoms with van der Waals surface area (Å²) in [6.45, 7) is 1.83. The lowest BCUT2D eigenvalue weighted by molar-refractivity contribution is 0.373. The number of phenols is 1. The second-order valence-electron chi connectivity index (χ2n) is 5.72. The van der Waals surface area contributed by atoms with E-state index in [-0.39, 0.29) is 22.1 Å². The Hall–Kier alpha value is -2.99. The summed E-state index contributed by atoms with van der Waals surface area (Å²) in [7, 11) is 3.25. The van der Waals surface area contributed by atoms with Gasteiger partial charge in [-0.25, -0.2) is 9.67 Å². The molecule has 0 amide bonds. The number of nitrogens with zero attached hydrogens (tertiary/aromatic N) is 3. The maximum atomic E-state index is 12.8. The van der Waals surface area contributed by atoms with Crippen molar-refractivity contribution < 1.29 is 9.84 Å². The molecule has 3 rings (SSSR count). The first kappa shape index (κ1) is 17.8. The highest BCUT2D eigenvalue weighted by Gasteiger charge is 2.15. The Labute approximate surface area is 155 Å². The zero-order valence-corrected chi connectivity index (χ0v) is 15.4. The number of aliphatic imine (C=N–C) groups is 1. The third-order valence-electron chi connectivity index (χ3n) is 4.14. The van der Waals surface area contributed by atoms with Crippen LogP contribution in [-0.2, 0) is 7.05 Å². The number of aromatic hydroxyl groups is 1. The molecular formula is C19H18ClN3O3. The smallest absolute Gasteiger partial charge is 0.297 e. The molecule has 1 aromatic heterocycles. The van der Waals surface area contributed by atoms with Gasteiger partial charge in [0.25, 0.3) is 5.56 Å². The van der Waals surface area contributed by atoms with Crippen molar-refractivity contribution in [3.8, 4) is 17.2 Å². The lowest BCUT2D eigenvalue weighted by atomic mass is 10.2. The van der Waals surface area contributed by atoms with Gasteiger partial charge >= 0.3 is 0 Å². The van der Waals surface area contributed by atoms with Crippen molar-refractivity contribution >= 4 is 23.5 Å². The van der Waals surface area contributed by atoms with E-state index in [0.717, 1.165) is 11.4 Å². The van der Waals surface area contributed by atoms with E-state index in [0.29, 0.717) is 11.3 Å². The third kappa shape index (κ3) is 3.11. The Bertz CT molecular complexity index is 1040. The molecule has 1 N–H and O–H groups in total. The molecule has 0 saturated heterocycles. The number of hydrogen-bond donors (Lipinski definition) is 1. The Morgan fingerprint density at radius 2 is 1.92 bits per heavy atom. The van der Waals surface area contributed by atoms with Crippen LogP contribution in [0.2, 0.25) is 5.02 Å². The quantitative estimate of drug-likeness (QED) is 0.712. The molecule has 2 aromatic carbocycles. The minimum absolute atomic E-state index is 0.131. The maximum absolute atomic E-state index is 12.8. The van der Waals surface area contributed by atoms with Crippen molar-refractivity contribution in [2.75, 3.05) is 7.11 Å². The van der Waals surface area contributed by atoms with Crippen LogP contribution in [0, 0.1) is 6.92 Å². The van der Waals surface area contributed by atoms with Crippen LogP contribution in [0.15, 0.2) is 52.3 Å². The van der Waals surface area contributed by atoms with E-state index in [1.165, 1.54) is 13.3 Å². The number of ether oxygens (including phenoxy) is 1. The highest BCUT2D eigenvalue weighted by molar-refractivity contribution is 6.32. The molecule has 0 unspecified atom stereocenters. The summed E-state index contributed by atoms with van der Waals surface area (Å²) in [5, 5.41) is 9.95. The number of methoxy groups -OCH3 is 1. The van der Waals surface area contributed by atoms with Gasteiger partial charge in [-0.15, -0.1) is 0 Å². The number of phenolic OH excluding ortho intramolecular Hbond substituents is 1. The minimum Gasteiger partial charge on any atom is -0.503 e. The van der Waals surface area contributed by atoms with Crippen LogP contribution in [0.25, 0.3) is 5.69 Å². The Morgan fingerprint density at radius 3 is 2.58 bits per heavy atom. The monoisotopic (exact) mass is 371 g/mol. The van der Waals surface area contributed by atoms with Crippen LogP contribution in [0.3, 0.4) is 0 Å². The zero-order chi connectivity index (χ0) is 18.8. The summed E-state index contributed by atoms with van der Waals surface area (Å²) in [5.41, 5.74) is 2.22. The topological polar surface area (TPSA) is 68.8 Å². The van der Waals surface area contributed by atoms with Gasteiger partial charge in [0.2, 0.25) is 0 Å². The molecule has 0 bridgehead atoms. The molecule has 7 heteroatoms. The van der Waals surface area contributed by atoms with Gasteiger partial charge in [-0.1, -0.05) is 29.8 Å². The molecule has 1 heterocycles. The normalized spacial score (nSPS) is 11.2. The zero-order valence-electron chi connectivity index (χ0n) is 14.6. The van der Waals surface area contributed by atoms with E-state index in [1.54, 1.807) is 21.5 Å². The van der Waals surface area contributed by atoms with Crippen molar-refractivity contribution in [1.29, 1.82) is 0 Å². The summed E-state index contributed by atoms with van der Waals surface area (Å²) in [5.74, 6) is 0.110. The largest absolute Gasteiger partial charge is 0.503 e. The highest BCUT2D eigenvalue weighted by Crippen LogP contribution is 2.34. The number of benzene rings is 2. The molecule has 6 nitrogen and oxygen atoms in total. The second-order valence-corrected chi connectivity index (χ2v) is 6.13. The number of para-hydroxylation sites is 1. The Kier molecular flexibility index (Phi) is 4.86. The van der Waals surface area contributed by atoms with E-state index in [4.69, 9.17) is 16.3 Å². The summed E-state index contributed by atoms with van der Waals surface area (Å²) in [6.07, 6.45) is 1.52. The molecule has 0 aliphatic carbocycles. The predicted molar refractivity (Wildman–Crippen MR) is 103 cm³/mol. The first-order valence-corrected chi connectivity index (χ1v) is 8.26. The van der Waals surface area contributed by atoms with Gasteiger partial charge in [0.15, 0.2) is 17.2 Å². The first-order chi connectivity index (χ1) is 12.4. The van der Waals surface area contributed by atoms with Crippen molar-refractivity contribution in [3.05, 3.63) is 69.1 Å². The molecular weight excluding hydrogens is 354 g/mol. The number of hydrogen-bond acceptors (Lipinski definition) is 4. The van der Waals surface area contributed by atoms with Gasteiger partial charge in [-0.2, -0.15) is 0 Å². The molecule has 134 valence electrons. The molecule has 0 atom stereocenters. The maximum Gasteiger partial charge on any atom is 0.297 e. The molecule has 3 aromatic rings. The number of rotatable bonds is 4. The Balaban J connectivity index is 2.06. The van der Waals surface area contributed by atoms with E-state index in [2.05, 4.69) is 4.99 Å². The van der Waals surface area contributed by atoms with Crippen molar-refractivity contribution in [2.24, 2.45) is 12.0 Å². The molecule has 0 aliphatic rings. The van der Waals surface area contributed by atoms with Crippen molar-refractivity contribution in [1.82, 2.24) is 9.36 Å². The fourth-order valence-electron chi connectivity index (χ4n) is 2.67. The standard InChI is InChI=1S/C19H18ClN3O3/c1-12-17(19(25)23(22(12)2)14-7-5-4-6-8-14)21-11-13-9-15(20)18(24)16(10-13)26-3/h4-11,24H,1-3H3. The lowest BCUT2D eigenvalue weighted by Gasteiger charge is -2.07. The van der Waals surface area contributed by atoms with Crippen LogP contribution in [0.1, 0.15) is 11.3 Å². The van der Waals surface area contributed by atoms with Crippen molar-refractivity contribution in [2.45, 2.75) is 6.92 Å². The number of aromatic nitrogens is 2. The van der Waals surface area contributed by atoms with Crippen LogP contribution >= 0.6 is 11.6 Å². The Morgan fingerprint density at radius 1 is 1.23 bits per heavy atom. The summed E-state index contributed by atoms with van der Waals surface area (Å²) < 4.78 is 8.40. The highest BCUT2D eigenvalue weighted by atomic mass is 35.5. The number of halogens is 1. The fraction of sp³-hybridized carbons (Fsp3) is 0.158. The molecule has 0 spiro atoms. The van der Waals surface area contributed by atoms with E-state index >= 15 is 0 Å². The third-order valence-corrected chi connectivity index (χ3v) is 4.43. The minimum atomic E-state index is -0.218. The van der Waals surface area contributed by atoms with E-state index in [9.17, 15) is 9.90 Å². The summed E-state index contributed by atoms with van der Waals surface area (Å²) in [6, 6.07) is 12.5. The molecule has 0 aliphatic heterocycles. The van der Waals surface area contributed by atoms with Crippen LogP contribution in [0.5, 0.6) is 11.5 Å². The first-order valence-electron chi connectivity index (χ1n) is 7.88. The second kappa shape index (κ2) is 7.09. The SMILES string of the molecule is COc1cc(C=Nc2c(C)n(C)n(-c3ccccc3)c2=O)cc(Cl)c1O. The average molecular weight is 372 g/mol. The van der Waals surface area contributed by atoms with Crippen LogP contribution < -0.4 is 10.3 Å². The van der Waals surface area contributed by atoms with Gasteiger partial charge < -0.3 is 9.84 Å². The van der Waals surface area contributed by atoms with Crippen LogP contribution in [0.4, 0.5) is 5.69 Å². The molecule has 0 saturated carbocycles. The summed E-state index contributed by atoms with van der Waals surface area (Å²) in [4.78, 5) is 17.2.